The largest absolute Gasteiger partial charge is 0.251 e. The summed E-state index contributed by atoms with van der Waals surface area (Å²) in [6.07, 6.45) is 25.1. The number of nitriles is 4. The Labute approximate surface area is 351 Å². The molecule has 0 aliphatic carbocycles. The summed E-state index contributed by atoms with van der Waals surface area (Å²) in [6.45, 7) is 4.54. The first kappa shape index (κ1) is 40.3. The Morgan fingerprint density at radius 1 is 0.509 bits per heavy atom. The van der Waals surface area contributed by atoms with Gasteiger partial charge in [0.2, 0.25) is 0 Å². The first-order valence-corrected chi connectivity index (χ1v) is 25.5. The van der Waals surface area contributed by atoms with Gasteiger partial charge in [-0.2, -0.15) is 21.0 Å². The highest BCUT2D eigenvalue weighted by atomic mass is 32.1. The maximum absolute atomic E-state index is 9.58. The van der Waals surface area contributed by atoms with Gasteiger partial charge < -0.3 is 0 Å². The number of hydrogen-bond donors (Lipinski definition) is 0. The van der Waals surface area contributed by atoms with Gasteiger partial charge in [-0.05, 0) is 46.7 Å². The summed E-state index contributed by atoms with van der Waals surface area (Å²) in [5.74, 6) is 0. The van der Waals surface area contributed by atoms with Gasteiger partial charge in [0.05, 0.1) is 19.5 Å². The maximum Gasteiger partial charge on any atom is 0.131 e. The molecule has 1 aliphatic heterocycles. The second-order valence-corrected chi connectivity index (χ2v) is 22.9. The van der Waals surface area contributed by atoms with Gasteiger partial charge in [0.1, 0.15) is 65.6 Å². The van der Waals surface area contributed by atoms with Crippen LogP contribution >= 0.6 is 45.3 Å². The second kappa shape index (κ2) is 18.6. The average Bonchev–Trinajstić information content (AvgIpc) is 4.06. The zero-order valence-corrected chi connectivity index (χ0v) is 36.5. The smallest absolute Gasteiger partial charge is 0.131 e. The number of allylic oxidation sites excluding steroid dienone is 2. The van der Waals surface area contributed by atoms with Crippen LogP contribution in [0.15, 0.2) is 48.1 Å². The number of aromatic nitrogens is 4. The van der Waals surface area contributed by atoms with E-state index in [2.05, 4.69) is 35.9 Å². The number of hydrogen-bond acceptors (Lipinski definition) is 12. The molecular formula is C44H42N8S4Si. The molecule has 1 aliphatic rings. The van der Waals surface area contributed by atoms with Gasteiger partial charge in [0.25, 0.3) is 0 Å². The molecule has 6 aromatic heterocycles. The van der Waals surface area contributed by atoms with Gasteiger partial charge in [-0.1, -0.05) is 90.9 Å². The van der Waals surface area contributed by atoms with E-state index in [9.17, 15) is 21.0 Å². The number of fused-ring (bicyclic) bond motifs is 5. The van der Waals surface area contributed by atoms with Crippen LogP contribution in [-0.4, -0.2) is 28.0 Å². The maximum atomic E-state index is 9.58. The van der Waals surface area contributed by atoms with E-state index in [1.54, 1.807) is 70.0 Å². The molecule has 0 amide bonds. The lowest BCUT2D eigenvalue weighted by molar-refractivity contribution is 0.616. The van der Waals surface area contributed by atoms with Crippen LogP contribution < -0.4 is 10.4 Å². The predicted octanol–water partition coefficient (Wildman–Crippen LogP) is 12.3. The summed E-state index contributed by atoms with van der Waals surface area (Å²) < 4.78 is 0. The molecule has 6 aromatic rings. The molecule has 7 rings (SSSR count). The molecule has 0 saturated carbocycles. The van der Waals surface area contributed by atoms with Crippen molar-refractivity contribution in [2.75, 3.05) is 0 Å². The minimum absolute atomic E-state index is 0.0463. The van der Waals surface area contributed by atoms with Crippen molar-refractivity contribution in [3.63, 3.8) is 0 Å². The molecule has 0 radical (unpaired) electrons. The molecule has 0 saturated heterocycles. The summed E-state index contributed by atoms with van der Waals surface area (Å²) in [5.41, 5.74) is 3.11. The molecule has 0 spiro atoms. The normalized spacial score (nSPS) is 12.4. The molecule has 57 heavy (non-hydrogen) atoms. The average molecular weight is 839 g/mol. The van der Waals surface area contributed by atoms with Crippen LogP contribution in [0, 0.1) is 45.3 Å². The Hall–Kier alpha value is -4.86. The van der Waals surface area contributed by atoms with Crippen LogP contribution in [0.1, 0.15) is 101 Å². The lowest BCUT2D eigenvalue weighted by Gasteiger charge is -2.29. The Balaban J connectivity index is 1.39. The van der Waals surface area contributed by atoms with E-state index in [0.29, 0.717) is 11.0 Å². The van der Waals surface area contributed by atoms with E-state index in [0.717, 1.165) is 40.3 Å². The minimum atomic E-state index is -2.27. The summed E-state index contributed by atoms with van der Waals surface area (Å²) in [4.78, 5) is 27.6. The molecule has 286 valence electrons. The molecule has 0 unspecified atom stereocenters. The standard InChI is InChI=1S/C44H42N8S4Si/c1-3-5-7-9-11-13-19-57(20-14-12-10-8-6-4-2)35-23-33(41-39-37(49-15-17-51-39)31(53-41)21-29(25-45)26-46)55-43(35)44-36(57)24-34(56-44)42-40-38(50-16-18-52-40)32(54-42)22-30(27-47)28-48/h15-18,21-24H,3-14,19-20H2,1-2H3. The van der Waals surface area contributed by atoms with Crippen molar-refractivity contribution < 1.29 is 0 Å². The van der Waals surface area contributed by atoms with E-state index < -0.39 is 8.07 Å². The van der Waals surface area contributed by atoms with Crippen LogP contribution in [0.5, 0.6) is 0 Å². The Bertz CT molecular complexity index is 2430. The molecule has 7 heterocycles. The predicted molar refractivity (Wildman–Crippen MR) is 240 cm³/mol. The molecule has 0 fully saturated rings. The van der Waals surface area contributed by atoms with Crippen molar-refractivity contribution >= 4 is 98.0 Å². The van der Waals surface area contributed by atoms with Crippen molar-refractivity contribution in [3.05, 3.63) is 57.8 Å². The lowest BCUT2D eigenvalue weighted by Crippen LogP contribution is -2.54. The molecule has 0 bridgehead atoms. The Kier molecular flexibility index (Phi) is 13.2. The first-order valence-electron chi connectivity index (χ1n) is 19.8. The fraction of sp³-hybridized carbons (Fsp3) is 0.364. The van der Waals surface area contributed by atoms with Gasteiger partial charge in [0.15, 0.2) is 0 Å². The van der Waals surface area contributed by atoms with Gasteiger partial charge in [-0.25, -0.2) is 0 Å². The van der Waals surface area contributed by atoms with Gasteiger partial charge in [-0.15, -0.1) is 45.3 Å². The zero-order valence-electron chi connectivity index (χ0n) is 32.2. The highest BCUT2D eigenvalue weighted by Crippen LogP contribution is 2.51. The summed E-state index contributed by atoms with van der Waals surface area (Å²) in [5, 5.41) is 41.4. The quantitative estimate of drug-likeness (QED) is 0.0472. The summed E-state index contributed by atoms with van der Waals surface area (Å²) in [6, 6.07) is 15.4. The van der Waals surface area contributed by atoms with Gasteiger partial charge in [0, 0.05) is 44.3 Å². The number of thiophene rings is 4. The molecule has 8 nitrogen and oxygen atoms in total. The molecule has 0 N–H and O–H groups in total. The van der Waals surface area contributed by atoms with Crippen molar-refractivity contribution in [2.24, 2.45) is 0 Å². The number of nitrogens with zero attached hydrogens (tertiary/aromatic N) is 8. The van der Waals surface area contributed by atoms with Crippen molar-refractivity contribution in [1.82, 2.24) is 19.9 Å². The van der Waals surface area contributed by atoms with Crippen LogP contribution in [0.2, 0.25) is 12.1 Å². The fourth-order valence-corrected chi connectivity index (χ4v) is 19.9. The topological polar surface area (TPSA) is 147 Å². The van der Waals surface area contributed by atoms with Crippen LogP contribution in [-0.2, 0) is 0 Å². The number of unbranched alkanes of at least 4 members (excludes halogenated alkanes) is 10. The highest BCUT2D eigenvalue weighted by Gasteiger charge is 2.48. The van der Waals surface area contributed by atoms with E-state index in [4.69, 9.17) is 9.97 Å². The van der Waals surface area contributed by atoms with Crippen molar-refractivity contribution in [2.45, 2.75) is 103 Å². The van der Waals surface area contributed by atoms with Gasteiger partial charge >= 0.3 is 0 Å². The molecule has 13 heteroatoms. The van der Waals surface area contributed by atoms with Crippen LogP contribution in [0.25, 0.3) is 63.5 Å². The highest BCUT2D eigenvalue weighted by molar-refractivity contribution is 7.34. The van der Waals surface area contributed by atoms with Crippen LogP contribution in [0.4, 0.5) is 0 Å². The third-order valence-electron chi connectivity index (χ3n) is 10.8. The SMILES string of the molecule is CCCCCCCC[Si]1(CCCCCCCC)c2cc(-c3sc(C=C(C#N)C#N)c4nccnc34)sc2-c2sc(-c3sc(C=C(C#N)C#N)c4nccnc34)cc21. The van der Waals surface area contributed by atoms with Crippen molar-refractivity contribution in [1.29, 1.82) is 21.0 Å². The third-order valence-corrected chi connectivity index (χ3v) is 21.5. The van der Waals surface area contributed by atoms with E-state index in [1.165, 1.54) is 98.9 Å². The zero-order chi connectivity index (χ0) is 39.8. The number of rotatable bonds is 18. The van der Waals surface area contributed by atoms with E-state index in [1.807, 2.05) is 47.0 Å². The molecule has 0 aromatic carbocycles. The van der Waals surface area contributed by atoms with E-state index >= 15 is 0 Å². The second-order valence-electron chi connectivity index (χ2n) is 14.5. The Morgan fingerprint density at radius 3 is 1.26 bits per heavy atom. The third kappa shape index (κ3) is 8.14. The van der Waals surface area contributed by atoms with Crippen LogP contribution in [0.3, 0.4) is 0 Å². The molecular weight excluding hydrogens is 797 g/mol. The fourth-order valence-electron chi connectivity index (χ4n) is 8.03. The summed E-state index contributed by atoms with van der Waals surface area (Å²) in [7, 11) is -2.27. The monoisotopic (exact) mass is 838 g/mol. The first-order chi connectivity index (χ1) is 28.0. The van der Waals surface area contributed by atoms with E-state index in [-0.39, 0.29) is 11.1 Å². The van der Waals surface area contributed by atoms with Crippen molar-refractivity contribution in [3.8, 4) is 53.5 Å². The minimum Gasteiger partial charge on any atom is -0.251 e. The Morgan fingerprint density at radius 2 is 0.877 bits per heavy atom. The summed E-state index contributed by atoms with van der Waals surface area (Å²) >= 11 is 6.80. The molecule has 0 atom stereocenters. The van der Waals surface area contributed by atoms with Gasteiger partial charge in [-0.3, -0.25) is 19.9 Å². The lowest BCUT2D eigenvalue weighted by atomic mass is 10.1.